The van der Waals surface area contributed by atoms with Crippen LogP contribution in [0.15, 0.2) is 24.3 Å². The molecule has 1 aromatic rings. The minimum atomic E-state index is -0.388. The molecule has 1 atom stereocenters. The fourth-order valence-corrected chi connectivity index (χ4v) is 1.40. The van der Waals surface area contributed by atoms with E-state index < -0.39 is 0 Å². The quantitative estimate of drug-likeness (QED) is 0.779. The Labute approximate surface area is 89.1 Å². The van der Waals surface area contributed by atoms with Gasteiger partial charge in [-0.15, -0.1) is 0 Å². The van der Waals surface area contributed by atoms with Gasteiger partial charge in [0.2, 0.25) is 0 Å². The smallest absolute Gasteiger partial charge is 0.179 e. The van der Waals surface area contributed by atoms with Crippen LogP contribution >= 0.6 is 11.6 Å². The van der Waals surface area contributed by atoms with Crippen molar-refractivity contribution in [2.45, 2.75) is 25.8 Å². The molecule has 0 aliphatic carbocycles. The molecule has 1 aromatic carbocycles. The number of hydrogen-bond acceptors (Lipinski definition) is 2. The molecule has 0 fully saturated rings. The van der Waals surface area contributed by atoms with Crippen LogP contribution in [0.25, 0.3) is 0 Å². The highest BCUT2D eigenvalue weighted by atomic mass is 35.5. The highest BCUT2D eigenvalue weighted by Crippen LogP contribution is 2.11. The topological polar surface area (TPSA) is 43.1 Å². The maximum Gasteiger partial charge on any atom is 0.179 e. The van der Waals surface area contributed by atoms with Crippen molar-refractivity contribution in [1.29, 1.82) is 0 Å². The first-order chi connectivity index (χ1) is 6.65. The van der Waals surface area contributed by atoms with E-state index in [-0.39, 0.29) is 11.8 Å². The SMILES string of the molecule is CCCC(N)C(=O)c1ccc(Cl)cc1. The molecular formula is C11H14ClNO. The fourth-order valence-electron chi connectivity index (χ4n) is 1.27. The van der Waals surface area contributed by atoms with E-state index in [0.717, 1.165) is 12.8 Å². The van der Waals surface area contributed by atoms with Gasteiger partial charge in [-0.25, -0.2) is 0 Å². The Morgan fingerprint density at radius 1 is 1.43 bits per heavy atom. The standard InChI is InChI=1S/C11H14ClNO/c1-2-3-10(13)11(14)8-4-6-9(12)7-5-8/h4-7,10H,2-3,13H2,1H3. The maximum atomic E-state index is 11.7. The number of rotatable bonds is 4. The number of halogens is 1. The van der Waals surface area contributed by atoms with Crippen molar-refractivity contribution in [1.82, 2.24) is 0 Å². The molecule has 0 amide bonds. The average Bonchev–Trinajstić information content (AvgIpc) is 2.18. The second-order valence-electron chi connectivity index (χ2n) is 3.27. The summed E-state index contributed by atoms with van der Waals surface area (Å²) in [5.41, 5.74) is 6.35. The highest BCUT2D eigenvalue weighted by Gasteiger charge is 2.13. The van der Waals surface area contributed by atoms with Crippen LogP contribution in [0.1, 0.15) is 30.1 Å². The predicted octanol–water partition coefficient (Wildman–Crippen LogP) is 2.65. The van der Waals surface area contributed by atoms with Gasteiger partial charge in [0.1, 0.15) is 0 Å². The Kier molecular flexibility index (Phi) is 4.11. The van der Waals surface area contributed by atoms with Crippen molar-refractivity contribution in [3.8, 4) is 0 Å². The molecule has 3 heteroatoms. The second kappa shape index (κ2) is 5.13. The Bertz CT molecular complexity index is 308. The molecule has 0 aliphatic rings. The van der Waals surface area contributed by atoms with Crippen LogP contribution in [0.4, 0.5) is 0 Å². The molecule has 1 unspecified atom stereocenters. The van der Waals surface area contributed by atoms with Gasteiger partial charge in [0, 0.05) is 10.6 Å². The Hall–Kier alpha value is -0.860. The van der Waals surface area contributed by atoms with Gasteiger partial charge in [-0.1, -0.05) is 24.9 Å². The number of carbonyl (C=O) groups excluding carboxylic acids is 1. The Balaban J connectivity index is 2.74. The molecule has 2 nitrogen and oxygen atoms in total. The van der Waals surface area contributed by atoms with Crippen LogP contribution in [0, 0.1) is 0 Å². The summed E-state index contributed by atoms with van der Waals surface area (Å²) in [7, 11) is 0. The van der Waals surface area contributed by atoms with Gasteiger partial charge in [-0.05, 0) is 30.7 Å². The van der Waals surface area contributed by atoms with Crippen LogP contribution in [-0.2, 0) is 0 Å². The summed E-state index contributed by atoms with van der Waals surface area (Å²) in [5, 5.41) is 0.630. The fraction of sp³-hybridized carbons (Fsp3) is 0.364. The lowest BCUT2D eigenvalue weighted by atomic mass is 10.0. The minimum Gasteiger partial charge on any atom is -0.321 e. The largest absolute Gasteiger partial charge is 0.321 e. The Morgan fingerprint density at radius 2 is 2.00 bits per heavy atom. The number of benzene rings is 1. The number of carbonyl (C=O) groups is 1. The van der Waals surface area contributed by atoms with Crippen molar-refractivity contribution in [2.24, 2.45) is 5.73 Å². The minimum absolute atomic E-state index is 0.0106. The van der Waals surface area contributed by atoms with Crippen LogP contribution in [0.5, 0.6) is 0 Å². The number of Topliss-reactive ketones (excluding diaryl/α,β-unsaturated/α-hetero) is 1. The van der Waals surface area contributed by atoms with Crippen LogP contribution in [-0.4, -0.2) is 11.8 Å². The average molecular weight is 212 g/mol. The summed E-state index contributed by atoms with van der Waals surface area (Å²) in [5.74, 6) is -0.0106. The lowest BCUT2D eigenvalue weighted by Gasteiger charge is -2.08. The van der Waals surface area contributed by atoms with Gasteiger partial charge in [0.15, 0.2) is 5.78 Å². The van der Waals surface area contributed by atoms with Gasteiger partial charge in [-0.2, -0.15) is 0 Å². The second-order valence-corrected chi connectivity index (χ2v) is 3.70. The third-order valence-corrected chi connectivity index (χ3v) is 2.32. The summed E-state index contributed by atoms with van der Waals surface area (Å²) in [6.45, 7) is 2.01. The first kappa shape index (κ1) is 11.2. The van der Waals surface area contributed by atoms with E-state index in [0.29, 0.717) is 10.6 Å². The third-order valence-electron chi connectivity index (χ3n) is 2.07. The van der Waals surface area contributed by atoms with Gasteiger partial charge >= 0.3 is 0 Å². The first-order valence-corrected chi connectivity index (χ1v) is 5.08. The van der Waals surface area contributed by atoms with Crippen LogP contribution in [0.2, 0.25) is 5.02 Å². The first-order valence-electron chi connectivity index (χ1n) is 4.70. The monoisotopic (exact) mass is 211 g/mol. The van der Waals surface area contributed by atoms with E-state index in [9.17, 15) is 4.79 Å². The van der Waals surface area contributed by atoms with Gasteiger partial charge in [0.25, 0.3) is 0 Å². The molecule has 14 heavy (non-hydrogen) atoms. The van der Waals surface area contributed by atoms with Crippen LogP contribution in [0.3, 0.4) is 0 Å². The van der Waals surface area contributed by atoms with E-state index in [1.807, 2.05) is 6.92 Å². The lowest BCUT2D eigenvalue weighted by molar-refractivity contribution is 0.0957. The lowest BCUT2D eigenvalue weighted by Crippen LogP contribution is -2.30. The third kappa shape index (κ3) is 2.82. The molecule has 0 spiro atoms. The zero-order chi connectivity index (χ0) is 10.6. The predicted molar refractivity (Wildman–Crippen MR) is 58.7 cm³/mol. The number of ketones is 1. The van der Waals surface area contributed by atoms with Crippen molar-refractivity contribution >= 4 is 17.4 Å². The van der Waals surface area contributed by atoms with Crippen molar-refractivity contribution in [2.75, 3.05) is 0 Å². The normalized spacial score (nSPS) is 12.5. The zero-order valence-corrected chi connectivity index (χ0v) is 8.92. The summed E-state index contributed by atoms with van der Waals surface area (Å²) in [6.07, 6.45) is 1.64. The summed E-state index contributed by atoms with van der Waals surface area (Å²) >= 11 is 5.71. The highest BCUT2D eigenvalue weighted by molar-refractivity contribution is 6.30. The Morgan fingerprint density at radius 3 is 2.50 bits per heavy atom. The van der Waals surface area contributed by atoms with E-state index >= 15 is 0 Å². The van der Waals surface area contributed by atoms with E-state index in [4.69, 9.17) is 17.3 Å². The van der Waals surface area contributed by atoms with Crippen molar-refractivity contribution < 1.29 is 4.79 Å². The molecule has 0 bridgehead atoms. The molecule has 1 rings (SSSR count). The molecule has 0 saturated carbocycles. The van der Waals surface area contributed by atoms with Crippen LogP contribution < -0.4 is 5.73 Å². The molecule has 0 radical (unpaired) electrons. The van der Waals surface area contributed by atoms with Gasteiger partial charge in [0.05, 0.1) is 6.04 Å². The summed E-state index contributed by atoms with van der Waals surface area (Å²) in [6, 6.07) is 6.43. The summed E-state index contributed by atoms with van der Waals surface area (Å²) < 4.78 is 0. The van der Waals surface area contributed by atoms with Crippen molar-refractivity contribution in [3.05, 3.63) is 34.9 Å². The molecule has 2 N–H and O–H groups in total. The molecule has 0 saturated heterocycles. The number of nitrogens with two attached hydrogens (primary N) is 1. The van der Waals surface area contributed by atoms with E-state index in [1.54, 1.807) is 24.3 Å². The van der Waals surface area contributed by atoms with E-state index in [2.05, 4.69) is 0 Å². The van der Waals surface area contributed by atoms with Gasteiger partial charge < -0.3 is 5.73 Å². The molecule has 0 aliphatic heterocycles. The number of hydrogen-bond donors (Lipinski definition) is 1. The zero-order valence-electron chi connectivity index (χ0n) is 8.16. The molecule has 0 aromatic heterocycles. The summed E-state index contributed by atoms with van der Waals surface area (Å²) in [4.78, 5) is 11.7. The van der Waals surface area contributed by atoms with Crippen molar-refractivity contribution in [3.63, 3.8) is 0 Å². The van der Waals surface area contributed by atoms with E-state index in [1.165, 1.54) is 0 Å². The van der Waals surface area contributed by atoms with Gasteiger partial charge in [-0.3, -0.25) is 4.79 Å². The molecule has 76 valence electrons. The molecular weight excluding hydrogens is 198 g/mol. The molecule has 0 heterocycles. The maximum absolute atomic E-state index is 11.7.